The van der Waals surface area contributed by atoms with Crippen molar-refractivity contribution in [2.45, 2.75) is 26.4 Å². The topological polar surface area (TPSA) is 29.9 Å². The Bertz CT molecular complexity index is 502. The van der Waals surface area contributed by atoms with Crippen molar-refractivity contribution >= 4 is 27.3 Å². The van der Waals surface area contributed by atoms with E-state index < -0.39 is 0 Å². The Morgan fingerprint density at radius 3 is 2.88 bits per heavy atom. The van der Waals surface area contributed by atoms with Gasteiger partial charge in [0.1, 0.15) is 5.69 Å². The van der Waals surface area contributed by atoms with Crippen LogP contribution in [0.3, 0.4) is 0 Å². The minimum Gasteiger partial charge on any atom is -0.310 e. The monoisotopic (exact) mass is 313 g/mol. The van der Waals surface area contributed by atoms with Crippen LogP contribution < -0.4 is 5.32 Å². The van der Waals surface area contributed by atoms with Crippen LogP contribution in [-0.2, 0) is 13.6 Å². The van der Waals surface area contributed by atoms with Crippen LogP contribution in [0.1, 0.15) is 19.4 Å². The molecule has 0 atom stereocenters. The minimum absolute atomic E-state index is 0.481. The Morgan fingerprint density at radius 2 is 2.29 bits per heavy atom. The van der Waals surface area contributed by atoms with Gasteiger partial charge >= 0.3 is 0 Å². The van der Waals surface area contributed by atoms with Crippen LogP contribution in [-0.4, -0.2) is 15.8 Å². The molecule has 92 valence electrons. The number of hydrogen-bond donors (Lipinski definition) is 1. The molecule has 0 amide bonds. The van der Waals surface area contributed by atoms with Crippen LogP contribution in [0, 0.1) is 0 Å². The van der Waals surface area contributed by atoms with E-state index in [1.807, 2.05) is 11.7 Å². The average Bonchev–Trinajstić information content (AvgIpc) is 2.81. The Labute approximate surface area is 114 Å². The molecule has 3 nitrogen and oxygen atoms in total. The van der Waals surface area contributed by atoms with Crippen LogP contribution in [0.4, 0.5) is 0 Å². The van der Waals surface area contributed by atoms with E-state index in [1.165, 1.54) is 10.4 Å². The van der Waals surface area contributed by atoms with Crippen LogP contribution in [0.2, 0.25) is 0 Å². The van der Waals surface area contributed by atoms with E-state index >= 15 is 0 Å². The molecule has 17 heavy (non-hydrogen) atoms. The molecular formula is C12H16BrN3S. The predicted octanol–water partition coefficient (Wildman–Crippen LogP) is 3.41. The zero-order valence-corrected chi connectivity index (χ0v) is 12.6. The maximum Gasteiger partial charge on any atom is 0.108 e. The van der Waals surface area contributed by atoms with Crippen molar-refractivity contribution in [1.29, 1.82) is 0 Å². The lowest BCUT2D eigenvalue weighted by atomic mass is 10.2. The fraction of sp³-hybridized carbons (Fsp3) is 0.417. The number of aryl methyl sites for hydroxylation is 1. The molecule has 0 aliphatic rings. The maximum absolute atomic E-state index is 4.55. The Kier molecular flexibility index (Phi) is 4.01. The molecule has 2 aromatic rings. The number of nitrogens with one attached hydrogen (secondary N) is 1. The van der Waals surface area contributed by atoms with E-state index in [0.29, 0.717) is 6.04 Å². The lowest BCUT2D eigenvalue weighted by molar-refractivity contribution is 0.589. The molecule has 2 aromatic heterocycles. The highest BCUT2D eigenvalue weighted by Gasteiger charge is 2.14. The molecule has 0 fully saturated rings. The van der Waals surface area contributed by atoms with Gasteiger partial charge in [0.05, 0.1) is 4.88 Å². The van der Waals surface area contributed by atoms with E-state index in [2.05, 4.69) is 57.8 Å². The van der Waals surface area contributed by atoms with Gasteiger partial charge in [-0.05, 0) is 27.4 Å². The third kappa shape index (κ3) is 2.97. The van der Waals surface area contributed by atoms with Gasteiger partial charge in [0.15, 0.2) is 0 Å². The maximum atomic E-state index is 4.55. The third-order valence-electron chi connectivity index (χ3n) is 2.44. The second kappa shape index (κ2) is 5.33. The molecule has 2 heterocycles. The second-order valence-corrected chi connectivity index (χ2v) is 6.08. The minimum atomic E-state index is 0.481. The zero-order chi connectivity index (χ0) is 12.4. The summed E-state index contributed by atoms with van der Waals surface area (Å²) in [6, 6.07) is 2.55. The lowest BCUT2D eigenvalue weighted by Crippen LogP contribution is -2.21. The molecule has 0 unspecified atom stereocenters. The molecule has 1 N–H and O–H groups in total. The van der Waals surface area contributed by atoms with Crippen molar-refractivity contribution in [3.05, 3.63) is 27.7 Å². The molecule has 0 aliphatic heterocycles. The SMILES string of the molecule is CC(C)NCc1cn(C)nc1-c1sccc1Br. The van der Waals surface area contributed by atoms with Gasteiger partial charge in [0, 0.05) is 35.9 Å². The summed E-state index contributed by atoms with van der Waals surface area (Å²) in [5.41, 5.74) is 2.31. The quantitative estimate of drug-likeness (QED) is 0.937. The van der Waals surface area contributed by atoms with E-state index in [1.54, 1.807) is 11.3 Å². The van der Waals surface area contributed by atoms with Crippen molar-refractivity contribution in [3.63, 3.8) is 0 Å². The van der Waals surface area contributed by atoms with E-state index in [4.69, 9.17) is 0 Å². The Balaban J connectivity index is 2.31. The average molecular weight is 314 g/mol. The van der Waals surface area contributed by atoms with Crippen LogP contribution in [0.15, 0.2) is 22.1 Å². The summed E-state index contributed by atoms with van der Waals surface area (Å²) >= 11 is 5.28. The van der Waals surface area contributed by atoms with Crippen molar-refractivity contribution in [3.8, 4) is 10.6 Å². The van der Waals surface area contributed by atoms with Gasteiger partial charge in [-0.15, -0.1) is 11.3 Å². The van der Waals surface area contributed by atoms with Gasteiger partial charge in [-0.3, -0.25) is 4.68 Å². The second-order valence-electron chi connectivity index (χ2n) is 4.31. The summed E-state index contributed by atoms with van der Waals surface area (Å²) in [5.74, 6) is 0. The number of halogens is 1. The van der Waals surface area contributed by atoms with Gasteiger partial charge in [-0.2, -0.15) is 5.10 Å². The van der Waals surface area contributed by atoms with Crippen LogP contribution in [0.25, 0.3) is 10.6 Å². The molecule has 0 spiro atoms. The summed E-state index contributed by atoms with van der Waals surface area (Å²) in [6.07, 6.45) is 2.08. The van der Waals surface area contributed by atoms with E-state index in [-0.39, 0.29) is 0 Å². The van der Waals surface area contributed by atoms with Gasteiger partial charge in [-0.25, -0.2) is 0 Å². The summed E-state index contributed by atoms with van der Waals surface area (Å²) in [6.45, 7) is 5.15. The molecule has 2 rings (SSSR count). The molecule has 0 bridgehead atoms. The number of aromatic nitrogens is 2. The molecular weight excluding hydrogens is 298 g/mol. The van der Waals surface area contributed by atoms with Crippen molar-refractivity contribution in [2.24, 2.45) is 7.05 Å². The third-order valence-corrected chi connectivity index (χ3v) is 4.28. The Hall–Kier alpha value is -0.650. The normalized spacial score (nSPS) is 11.4. The summed E-state index contributed by atoms with van der Waals surface area (Å²) in [4.78, 5) is 1.20. The Morgan fingerprint density at radius 1 is 1.53 bits per heavy atom. The fourth-order valence-electron chi connectivity index (χ4n) is 1.63. The summed E-state index contributed by atoms with van der Waals surface area (Å²) < 4.78 is 2.99. The summed E-state index contributed by atoms with van der Waals surface area (Å²) in [5, 5.41) is 10.1. The first kappa shape index (κ1) is 12.8. The van der Waals surface area contributed by atoms with E-state index in [9.17, 15) is 0 Å². The van der Waals surface area contributed by atoms with Crippen LogP contribution in [0.5, 0.6) is 0 Å². The first-order chi connectivity index (χ1) is 8.08. The van der Waals surface area contributed by atoms with Gasteiger partial charge in [0.25, 0.3) is 0 Å². The van der Waals surface area contributed by atoms with Crippen LogP contribution >= 0.6 is 27.3 Å². The number of hydrogen-bond acceptors (Lipinski definition) is 3. The zero-order valence-electron chi connectivity index (χ0n) is 10.2. The number of nitrogens with zero attached hydrogens (tertiary/aromatic N) is 2. The molecule has 5 heteroatoms. The fourth-order valence-corrected chi connectivity index (χ4v) is 3.21. The standard InChI is InChI=1S/C12H16BrN3S/c1-8(2)14-6-9-7-16(3)15-11(9)12-10(13)4-5-17-12/h4-5,7-8,14H,6H2,1-3H3. The van der Waals surface area contributed by atoms with Crippen molar-refractivity contribution in [2.75, 3.05) is 0 Å². The molecule has 0 saturated carbocycles. The highest BCUT2D eigenvalue weighted by Crippen LogP contribution is 2.34. The summed E-state index contributed by atoms with van der Waals surface area (Å²) in [7, 11) is 1.96. The van der Waals surface area contributed by atoms with E-state index in [0.717, 1.165) is 16.7 Å². The van der Waals surface area contributed by atoms with Gasteiger partial charge in [0.2, 0.25) is 0 Å². The highest BCUT2D eigenvalue weighted by atomic mass is 79.9. The largest absolute Gasteiger partial charge is 0.310 e. The van der Waals surface area contributed by atoms with Gasteiger partial charge in [-0.1, -0.05) is 13.8 Å². The molecule has 0 aliphatic carbocycles. The predicted molar refractivity (Wildman–Crippen MR) is 76.2 cm³/mol. The van der Waals surface area contributed by atoms with Crippen molar-refractivity contribution < 1.29 is 0 Å². The number of rotatable bonds is 4. The lowest BCUT2D eigenvalue weighted by Gasteiger charge is -2.07. The smallest absolute Gasteiger partial charge is 0.108 e. The molecule has 0 radical (unpaired) electrons. The molecule has 0 aromatic carbocycles. The van der Waals surface area contributed by atoms with Gasteiger partial charge < -0.3 is 5.32 Å². The highest BCUT2D eigenvalue weighted by molar-refractivity contribution is 9.10. The molecule has 0 saturated heterocycles. The first-order valence-corrected chi connectivity index (χ1v) is 7.24. The first-order valence-electron chi connectivity index (χ1n) is 5.57. The number of thiophene rings is 1. The van der Waals surface area contributed by atoms with Crippen molar-refractivity contribution in [1.82, 2.24) is 15.1 Å².